The van der Waals surface area contributed by atoms with Gasteiger partial charge < -0.3 is 0 Å². The summed E-state index contributed by atoms with van der Waals surface area (Å²) < 4.78 is 1.73. The third-order valence-electron chi connectivity index (χ3n) is 3.10. The first-order valence-electron chi connectivity index (χ1n) is 5.97. The van der Waals surface area contributed by atoms with Crippen molar-refractivity contribution in [2.75, 3.05) is 0 Å². The fourth-order valence-electron chi connectivity index (χ4n) is 1.98. The smallest absolute Gasteiger partial charge is 0.181 e. The quantitative estimate of drug-likeness (QED) is 0.751. The molecule has 0 amide bonds. The summed E-state index contributed by atoms with van der Waals surface area (Å²) in [5.41, 5.74) is 1.64. The molecule has 17 heavy (non-hydrogen) atoms. The van der Waals surface area contributed by atoms with E-state index in [1.54, 1.807) is 16.9 Å². The summed E-state index contributed by atoms with van der Waals surface area (Å²) >= 11 is 0. The number of hydrogen-bond donors (Lipinski definition) is 0. The molecule has 0 N–H and O–H groups in total. The van der Waals surface area contributed by atoms with Gasteiger partial charge >= 0.3 is 0 Å². The highest BCUT2D eigenvalue weighted by molar-refractivity contribution is 5.95. The zero-order valence-electron chi connectivity index (χ0n) is 9.54. The van der Waals surface area contributed by atoms with Crippen LogP contribution in [0, 0.1) is 5.92 Å². The molecule has 1 heterocycles. The SMILES string of the molecule is O=C(CC1CC1)c1ccnn1-c1ccccc1. The van der Waals surface area contributed by atoms with Gasteiger partial charge in [-0.15, -0.1) is 0 Å². The minimum Gasteiger partial charge on any atom is -0.292 e. The lowest BCUT2D eigenvalue weighted by atomic mass is 10.1. The zero-order valence-corrected chi connectivity index (χ0v) is 9.54. The van der Waals surface area contributed by atoms with Crippen molar-refractivity contribution < 1.29 is 4.79 Å². The average Bonchev–Trinajstić information content (AvgIpc) is 3.04. The summed E-state index contributed by atoms with van der Waals surface area (Å²) in [4.78, 5) is 12.1. The molecule has 0 aliphatic heterocycles. The third kappa shape index (κ3) is 2.13. The number of benzene rings is 1. The van der Waals surface area contributed by atoms with E-state index in [1.165, 1.54) is 12.8 Å². The van der Waals surface area contributed by atoms with Crippen molar-refractivity contribution >= 4 is 5.78 Å². The first kappa shape index (κ1) is 10.3. The second kappa shape index (κ2) is 4.17. The fourth-order valence-corrected chi connectivity index (χ4v) is 1.98. The maximum atomic E-state index is 12.1. The van der Waals surface area contributed by atoms with Crippen molar-refractivity contribution in [2.45, 2.75) is 19.3 Å². The number of nitrogens with zero attached hydrogens (tertiary/aromatic N) is 2. The summed E-state index contributed by atoms with van der Waals surface area (Å²) in [6.45, 7) is 0. The minimum atomic E-state index is 0.203. The Morgan fingerprint density at radius 2 is 2.00 bits per heavy atom. The number of rotatable bonds is 4. The van der Waals surface area contributed by atoms with E-state index in [2.05, 4.69) is 5.10 Å². The van der Waals surface area contributed by atoms with E-state index in [0.717, 1.165) is 5.69 Å². The molecular formula is C14H14N2O. The molecule has 1 aromatic carbocycles. The number of ketones is 1. The van der Waals surface area contributed by atoms with Gasteiger partial charge in [0.05, 0.1) is 11.9 Å². The van der Waals surface area contributed by atoms with Crippen LogP contribution < -0.4 is 0 Å². The Hall–Kier alpha value is -1.90. The lowest BCUT2D eigenvalue weighted by molar-refractivity contribution is 0.0968. The van der Waals surface area contributed by atoms with Gasteiger partial charge in [0.1, 0.15) is 5.69 Å². The number of carbonyl (C=O) groups excluding carboxylic acids is 1. The Kier molecular flexibility index (Phi) is 2.52. The van der Waals surface area contributed by atoms with Crippen molar-refractivity contribution in [3.05, 3.63) is 48.3 Å². The molecule has 0 bridgehead atoms. The average molecular weight is 226 g/mol. The van der Waals surface area contributed by atoms with Gasteiger partial charge in [-0.25, -0.2) is 4.68 Å². The van der Waals surface area contributed by atoms with Crippen molar-refractivity contribution in [1.29, 1.82) is 0 Å². The number of aromatic nitrogens is 2. The van der Waals surface area contributed by atoms with E-state index < -0.39 is 0 Å². The monoisotopic (exact) mass is 226 g/mol. The molecule has 1 aromatic heterocycles. The van der Waals surface area contributed by atoms with E-state index in [9.17, 15) is 4.79 Å². The molecule has 0 spiro atoms. The van der Waals surface area contributed by atoms with Crippen molar-refractivity contribution in [2.24, 2.45) is 5.92 Å². The molecule has 3 nitrogen and oxygen atoms in total. The molecule has 3 rings (SSSR count). The van der Waals surface area contributed by atoms with Gasteiger partial charge in [0.15, 0.2) is 5.78 Å². The summed E-state index contributed by atoms with van der Waals surface area (Å²) in [6.07, 6.45) is 4.75. The van der Waals surface area contributed by atoms with E-state index >= 15 is 0 Å². The topological polar surface area (TPSA) is 34.9 Å². The summed E-state index contributed by atoms with van der Waals surface area (Å²) in [5.74, 6) is 0.815. The third-order valence-corrected chi connectivity index (χ3v) is 3.10. The van der Waals surface area contributed by atoms with Crippen LogP contribution in [0.25, 0.3) is 5.69 Å². The largest absolute Gasteiger partial charge is 0.292 e. The van der Waals surface area contributed by atoms with Crippen LogP contribution in [-0.2, 0) is 0 Å². The molecule has 2 aromatic rings. The first-order valence-corrected chi connectivity index (χ1v) is 5.97. The highest BCUT2D eigenvalue weighted by atomic mass is 16.1. The number of carbonyl (C=O) groups is 1. The highest BCUT2D eigenvalue weighted by Gasteiger charge is 2.26. The van der Waals surface area contributed by atoms with Gasteiger partial charge in [0.25, 0.3) is 0 Å². The molecular weight excluding hydrogens is 212 g/mol. The van der Waals surface area contributed by atoms with Crippen LogP contribution in [0.1, 0.15) is 29.8 Å². The van der Waals surface area contributed by atoms with Crippen molar-refractivity contribution in [3.8, 4) is 5.69 Å². The molecule has 1 aliphatic rings. The van der Waals surface area contributed by atoms with Crippen LogP contribution in [0.4, 0.5) is 0 Å². The second-order valence-corrected chi connectivity index (χ2v) is 4.53. The molecule has 86 valence electrons. The molecule has 0 radical (unpaired) electrons. The standard InChI is InChI=1S/C14H14N2O/c17-14(10-11-6-7-11)13-8-9-15-16(13)12-4-2-1-3-5-12/h1-5,8-9,11H,6-7,10H2. The minimum absolute atomic E-state index is 0.203. The van der Waals surface area contributed by atoms with Gasteiger partial charge in [0, 0.05) is 6.42 Å². The van der Waals surface area contributed by atoms with E-state index in [-0.39, 0.29) is 5.78 Å². The zero-order chi connectivity index (χ0) is 11.7. The van der Waals surface area contributed by atoms with Crippen LogP contribution in [0.2, 0.25) is 0 Å². The Morgan fingerprint density at radius 3 is 2.71 bits per heavy atom. The molecule has 1 aliphatic carbocycles. The lowest BCUT2D eigenvalue weighted by Gasteiger charge is -2.05. The van der Waals surface area contributed by atoms with Crippen molar-refractivity contribution in [1.82, 2.24) is 9.78 Å². The Labute approximate surface area is 100 Å². The Bertz CT molecular complexity index is 526. The van der Waals surface area contributed by atoms with Crippen LogP contribution in [0.5, 0.6) is 0 Å². The molecule has 0 unspecified atom stereocenters. The van der Waals surface area contributed by atoms with E-state index in [0.29, 0.717) is 18.0 Å². The summed E-state index contributed by atoms with van der Waals surface area (Å²) in [6, 6.07) is 11.6. The van der Waals surface area contributed by atoms with Crippen LogP contribution in [-0.4, -0.2) is 15.6 Å². The highest BCUT2D eigenvalue weighted by Crippen LogP contribution is 2.33. The first-order chi connectivity index (χ1) is 8.34. The lowest BCUT2D eigenvalue weighted by Crippen LogP contribution is -2.09. The normalized spacial score (nSPS) is 14.8. The predicted molar refractivity (Wildman–Crippen MR) is 65.2 cm³/mol. The van der Waals surface area contributed by atoms with Crippen molar-refractivity contribution in [3.63, 3.8) is 0 Å². The Morgan fingerprint density at radius 1 is 1.24 bits per heavy atom. The fraction of sp³-hybridized carbons (Fsp3) is 0.286. The molecule has 1 saturated carbocycles. The van der Waals surface area contributed by atoms with E-state index in [1.807, 2.05) is 30.3 Å². The number of para-hydroxylation sites is 1. The van der Waals surface area contributed by atoms with Gasteiger partial charge in [0.2, 0.25) is 0 Å². The predicted octanol–water partition coefficient (Wildman–Crippen LogP) is 2.86. The van der Waals surface area contributed by atoms with Gasteiger partial charge in [-0.3, -0.25) is 4.79 Å². The maximum Gasteiger partial charge on any atom is 0.181 e. The summed E-state index contributed by atoms with van der Waals surface area (Å²) in [5, 5.41) is 4.23. The van der Waals surface area contributed by atoms with Gasteiger partial charge in [-0.2, -0.15) is 5.10 Å². The van der Waals surface area contributed by atoms with Crippen LogP contribution in [0.3, 0.4) is 0 Å². The maximum absolute atomic E-state index is 12.1. The van der Waals surface area contributed by atoms with Gasteiger partial charge in [-0.1, -0.05) is 18.2 Å². The van der Waals surface area contributed by atoms with Crippen LogP contribution in [0.15, 0.2) is 42.6 Å². The number of hydrogen-bond acceptors (Lipinski definition) is 2. The van der Waals surface area contributed by atoms with E-state index in [4.69, 9.17) is 0 Å². The summed E-state index contributed by atoms with van der Waals surface area (Å²) in [7, 11) is 0. The van der Waals surface area contributed by atoms with Crippen LogP contribution >= 0.6 is 0 Å². The number of Topliss-reactive ketones (excluding diaryl/α,β-unsaturated/α-hetero) is 1. The molecule has 0 saturated heterocycles. The molecule has 3 heteroatoms. The molecule has 0 atom stereocenters. The van der Waals surface area contributed by atoms with Gasteiger partial charge in [-0.05, 0) is 37.0 Å². The molecule has 1 fully saturated rings. The second-order valence-electron chi connectivity index (χ2n) is 4.53. The Balaban J connectivity index is 1.90.